The van der Waals surface area contributed by atoms with E-state index in [1.807, 2.05) is 18.2 Å². The van der Waals surface area contributed by atoms with Crippen molar-refractivity contribution in [2.75, 3.05) is 31.5 Å². The molecule has 184 valence electrons. The molecule has 0 bridgehead atoms. The highest BCUT2D eigenvalue weighted by molar-refractivity contribution is 6.10. The van der Waals surface area contributed by atoms with Crippen molar-refractivity contribution in [3.63, 3.8) is 0 Å². The van der Waals surface area contributed by atoms with Crippen LogP contribution in [0.15, 0.2) is 47.9 Å². The van der Waals surface area contributed by atoms with Crippen LogP contribution in [0.2, 0.25) is 0 Å². The molecular weight excluding hydrogens is 450 g/mol. The van der Waals surface area contributed by atoms with Gasteiger partial charge in [-0.05, 0) is 61.7 Å². The second kappa shape index (κ2) is 10.8. The molecule has 3 N–H and O–H groups in total. The molecule has 1 aliphatic heterocycles. The number of nitrogens with zero attached hydrogens (tertiary/aromatic N) is 6. The van der Waals surface area contributed by atoms with Gasteiger partial charge < -0.3 is 11.1 Å². The number of allylic oxidation sites excluding steroid dienone is 1. The zero-order valence-corrected chi connectivity index (χ0v) is 20.0. The molecule has 3 aromatic heterocycles. The van der Waals surface area contributed by atoms with Crippen molar-refractivity contribution in [1.82, 2.24) is 25.1 Å². The molecule has 8 nitrogen and oxygen atoms in total. The van der Waals surface area contributed by atoms with Crippen LogP contribution < -0.4 is 11.1 Å². The first-order valence-electron chi connectivity index (χ1n) is 11.7. The summed E-state index contributed by atoms with van der Waals surface area (Å²) in [7, 11) is 0. The van der Waals surface area contributed by atoms with Crippen molar-refractivity contribution in [3.8, 4) is 0 Å². The number of nitrogens with two attached hydrogens (primary N) is 1. The SMILES string of the molecule is CC(C)c1cnnc(Nc2ccc3ncc(C(C=NCC(F)(F)CN4CCCC4)=CN)cc3n2)c1. The first kappa shape index (κ1) is 24.6. The molecule has 0 amide bonds. The minimum atomic E-state index is -2.89. The van der Waals surface area contributed by atoms with Crippen molar-refractivity contribution < 1.29 is 8.78 Å². The highest BCUT2D eigenvalue weighted by Gasteiger charge is 2.32. The standard InChI is InChI=1S/C25H30F2N8/c1-17(2)18-10-24(34-31-14-18)33-23-6-5-21-22(32-23)9-19(13-30-21)20(11-28)12-29-15-25(26,27)16-35-7-3-4-8-35/h5-6,9-14,17H,3-4,7-8,15-16,28H2,1-2H3,(H,32,33,34). The summed E-state index contributed by atoms with van der Waals surface area (Å²) >= 11 is 0. The third kappa shape index (κ3) is 6.54. The van der Waals surface area contributed by atoms with Crippen LogP contribution in [0.25, 0.3) is 16.6 Å². The number of fused-ring (bicyclic) bond motifs is 1. The molecule has 1 fully saturated rings. The fourth-order valence-electron chi connectivity index (χ4n) is 3.93. The number of alkyl halides is 2. The van der Waals surface area contributed by atoms with E-state index in [0.29, 0.717) is 39.7 Å². The second-order valence-corrected chi connectivity index (χ2v) is 9.04. The van der Waals surface area contributed by atoms with Crippen LogP contribution in [0.3, 0.4) is 0 Å². The first-order chi connectivity index (χ1) is 16.8. The van der Waals surface area contributed by atoms with Crippen LogP contribution in [0.5, 0.6) is 0 Å². The van der Waals surface area contributed by atoms with Crippen LogP contribution in [0.4, 0.5) is 20.4 Å². The van der Waals surface area contributed by atoms with Crippen molar-refractivity contribution in [3.05, 3.63) is 54.0 Å². The zero-order chi connectivity index (χ0) is 24.8. The largest absolute Gasteiger partial charge is 0.404 e. The van der Waals surface area contributed by atoms with Gasteiger partial charge in [0.2, 0.25) is 0 Å². The van der Waals surface area contributed by atoms with Gasteiger partial charge in [-0.2, -0.15) is 5.10 Å². The third-order valence-corrected chi connectivity index (χ3v) is 5.86. The van der Waals surface area contributed by atoms with Crippen molar-refractivity contribution >= 4 is 34.5 Å². The lowest BCUT2D eigenvalue weighted by molar-refractivity contribution is -0.0174. The fraction of sp³-hybridized carbons (Fsp3) is 0.400. The summed E-state index contributed by atoms with van der Waals surface area (Å²) in [5.41, 5.74) is 9.28. The summed E-state index contributed by atoms with van der Waals surface area (Å²) in [4.78, 5) is 14.8. The van der Waals surface area contributed by atoms with E-state index in [1.165, 1.54) is 12.4 Å². The predicted molar refractivity (Wildman–Crippen MR) is 135 cm³/mol. The summed E-state index contributed by atoms with van der Waals surface area (Å²) in [6, 6.07) is 7.38. The first-order valence-corrected chi connectivity index (χ1v) is 11.7. The molecule has 35 heavy (non-hydrogen) atoms. The van der Waals surface area contributed by atoms with Crippen LogP contribution in [0, 0.1) is 0 Å². The lowest BCUT2D eigenvalue weighted by Gasteiger charge is -2.21. The molecular formula is C25H30F2N8. The van der Waals surface area contributed by atoms with E-state index in [2.05, 4.69) is 44.3 Å². The van der Waals surface area contributed by atoms with Gasteiger partial charge >= 0.3 is 0 Å². The normalized spacial score (nSPS) is 15.5. The molecule has 0 aromatic carbocycles. The smallest absolute Gasteiger partial charge is 0.279 e. The molecule has 0 saturated carbocycles. The Morgan fingerprint density at radius 2 is 1.97 bits per heavy atom. The Kier molecular flexibility index (Phi) is 7.60. The van der Waals surface area contributed by atoms with E-state index >= 15 is 0 Å². The molecule has 0 spiro atoms. The van der Waals surface area contributed by atoms with Crippen LogP contribution in [-0.4, -0.2) is 63.4 Å². The number of aliphatic imine (C=N–C) groups is 1. The maximum absolute atomic E-state index is 14.3. The minimum Gasteiger partial charge on any atom is -0.404 e. The van der Waals surface area contributed by atoms with Gasteiger partial charge in [0.25, 0.3) is 5.92 Å². The molecule has 1 aliphatic rings. The van der Waals surface area contributed by atoms with Gasteiger partial charge in [0.1, 0.15) is 12.4 Å². The maximum atomic E-state index is 14.3. The topological polar surface area (TPSA) is 105 Å². The van der Waals surface area contributed by atoms with E-state index in [-0.39, 0.29) is 6.54 Å². The monoisotopic (exact) mass is 480 g/mol. The maximum Gasteiger partial charge on any atom is 0.279 e. The molecule has 0 aliphatic carbocycles. The van der Waals surface area contributed by atoms with Gasteiger partial charge in [-0.25, -0.2) is 13.8 Å². The lowest BCUT2D eigenvalue weighted by Crippen LogP contribution is -2.37. The van der Waals surface area contributed by atoms with Crippen molar-refractivity contribution in [1.29, 1.82) is 0 Å². The van der Waals surface area contributed by atoms with Gasteiger partial charge in [0, 0.05) is 29.7 Å². The average molecular weight is 481 g/mol. The quantitative estimate of drug-likeness (QED) is 0.438. The number of rotatable bonds is 9. The summed E-state index contributed by atoms with van der Waals surface area (Å²) in [5, 5.41) is 11.3. The Balaban J connectivity index is 1.48. The Morgan fingerprint density at radius 1 is 1.17 bits per heavy atom. The summed E-state index contributed by atoms with van der Waals surface area (Å²) in [6.45, 7) is 4.75. The number of halogens is 2. The molecule has 4 rings (SSSR count). The molecule has 0 unspecified atom stereocenters. The molecule has 3 aromatic rings. The van der Waals surface area contributed by atoms with Crippen molar-refractivity contribution in [2.24, 2.45) is 10.7 Å². The molecule has 4 heterocycles. The highest BCUT2D eigenvalue weighted by atomic mass is 19.3. The zero-order valence-electron chi connectivity index (χ0n) is 20.0. The van der Waals surface area contributed by atoms with E-state index in [1.54, 1.807) is 23.4 Å². The second-order valence-electron chi connectivity index (χ2n) is 9.04. The number of hydrogen-bond donors (Lipinski definition) is 2. The number of hydrogen-bond acceptors (Lipinski definition) is 8. The minimum absolute atomic E-state index is 0.270. The highest BCUT2D eigenvalue weighted by Crippen LogP contribution is 2.23. The summed E-state index contributed by atoms with van der Waals surface area (Å²) in [5.74, 6) is -1.39. The molecule has 0 atom stereocenters. The van der Waals surface area contributed by atoms with E-state index in [9.17, 15) is 8.78 Å². The van der Waals surface area contributed by atoms with Gasteiger partial charge in [0.15, 0.2) is 5.82 Å². The fourth-order valence-corrected chi connectivity index (χ4v) is 3.93. The lowest BCUT2D eigenvalue weighted by atomic mass is 10.1. The predicted octanol–water partition coefficient (Wildman–Crippen LogP) is 4.39. The number of anilines is 2. The molecule has 0 radical (unpaired) electrons. The van der Waals surface area contributed by atoms with Gasteiger partial charge in [-0.1, -0.05) is 13.8 Å². The molecule has 1 saturated heterocycles. The summed E-state index contributed by atoms with van der Waals surface area (Å²) < 4.78 is 28.6. The van der Waals surface area contributed by atoms with Gasteiger partial charge in [-0.3, -0.25) is 14.9 Å². The van der Waals surface area contributed by atoms with Gasteiger partial charge in [-0.15, -0.1) is 5.10 Å². The Labute approximate surface area is 203 Å². The number of likely N-dealkylation sites (tertiary alicyclic amines) is 1. The van der Waals surface area contributed by atoms with Crippen LogP contribution >= 0.6 is 0 Å². The van der Waals surface area contributed by atoms with E-state index in [0.717, 1.165) is 31.5 Å². The van der Waals surface area contributed by atoms with Crippen molar-refractivity contribution in [2.45, 2.75) is 38.5 Å². The Morgan fingerprint density at radius 3 is 2.71 bits per heavy atom. The van der Waals surface area contributed by atoms with Gasteiger partial charge in [0.05, 0.1) is 23.8 Å². The van der Waals surface area contributed by atoms with E-state index in [4.69, 9.17) is 5.73 Å². The van der Waals surface area contributed by atoms with E-state index < -0.39 is 12.5 Å². The van der Waals surface area contributed by atoms with Crippen LogP contribution in [-0.2, 0) is 0 Å². The Hall–Kier alpha value is -3.53. The third-order valence-electron chi connectivity index (χ3n) is 5.86. The Bertz CT molecular complexity index is 1220. The summed E-state index contributed by atoms with van der Waals surface area (Å²) in [6.07, 6.45) is 8.01. The number of pyridine rings is 2. The molecule has 10 heteroatoms. The number of aromatic nitrogens is 4. The number of nitrogens with one attached hydrogen (secondary N) is 1. The average Bonchev–Trinajstić information content (AvgIpc) is 3.34. The van der Waals surface area contributed by atoms with Crippen LogP contribution in [0.1, 0.15) is 43.7 Å².